The van der Waals surface area contributed by atoms with Gasteiger partial charge in [-0.2, -0.15) is 0 Å². The molecule has 2 heterocycles. The lowest BCUT2D eigenvalue weighted by atomic mass is 10.1. The topological polar surface area (TPSA) is 69.1 Å². The molecule has 0 saturated heterocycles. The number of aromatic nitrogens is 1. The molecule has 0 aromatic carbocycles. The van der Waals surface area contributed by atoms with Gasteiger partial charge in [-0.3, -0.25) is 9.78 Å². The molecule has 2 N–H and O–H groups in total. The summed E-state index contributed by atoms with van der Waals surface area (Å²) in [6.45, 7) is 0. The van der Waals surface area contributed by atoms with Crippen molar-refractivity contribution in [2.75, 3.05) is 0 Å². The molecule has 2 aromatic heterocycles. The number of hydrogen-bond donors (Lipinski definition) is 1. The zero-order valence-corrected chi connectivity index (χ0v) is 6.86. The number of fused-ring (bicyclic) bond motifs is 1. The first-order chi connectivity index (χ1) is 6.27. The lowest BCUT2D eigenvalue weighted by Gasteiger charge is -1.91. The van der Waals surface area contributed by atoms with Gasteiger partial charge in [0.2, 0.25) is 5.91 Å². The Bertz CT molecular complexity index is 448. The molecule has 0 fully saturated rings. The molecule has 1 amide bonds. The van der Waals surface area contributed by atoms with Crippen LogP contribution in [0.15, 0.2) is 29.1 Å². The van der Waals surface area contributed by atoms with Crippen molar-refractivity contribution in [3.05, 3.63) is 30.3 Å². The van der Waals surface area contributed by atoms with Crippen molar-refractivity contribution in [1.29, 1.82) is 0 Å². The standard InChI is InChI=1S/C9H8N2O2/c10-9(12)3-6-5-13-8-4-11-2-1-7(6)8/h1-2,4-5H,3H2,(H2,10,12). The van der Waals surface area contributed by atoms with E-state index in [0.29, 0.717) is 5.58 Å². The van der Waals surface area contributed by atoms with Crippen LogP contribution in [-0.2, 0) is 11.2 Å². The van der Waals surface area contributed by atoms with Gasteiger partial charge in [-0.1, -0.05) is 0 Å². The second kappa shape index (κ2) is 2.90. The van der Waals surface area contributed by atoms with Crippen LogP contribution in [-0.4, -0.2) is 10.9 Å². The molecule has 0 aliphatic carbocycles. The highest BCUT2D eigenvalue weighted by Gasteiger charge is 2.07. The van der Waals surface area contributed by atoms with Gasteiger partial charge >= 0.3 is 0 Å². The third kappa shape index (κ3) is 1.38. The van der Waals surface area contributed by atoms with E-state index in [9.17, 15) is 4.79 Å². The minimum atomic E-state index is -0.362. The summed E-state index contributed by atoms with van der Waals surface area (Å²) < 4.78 is 5.18. The maximum Gasteiger partial charge on any atom is 0.221 e. The molecular formula is C9H8N2O2. The molecule has 66 valence electrons. The van der Waals surface area contributed by atoms with E-state index in [1.165, 1.54) is 6.26 Å². The number of primary amides is 1. The summed E-state index contributed by atoms with van der Waals surface area (Å²) in [4.78, 5) is 14.6. The number of carbonyl (C=O) groups is 1. The number of rotatable bonds is 2. The lowest BCUT2D eigenvalue weighted by molar-refractivity contribution is -0.117. The van der Waals surface area contributed by atoms with Crippen molar-refractivity contribution in [1.82, 2.24) is 4.98 Å². The highest BCUT2D eigenvalue weighted by atomic mass is 16.3. The van der Waals surface area contributed by atoms with Gasteiger partial charge in [0.05, 0.1) is 18.9 Å². The maximum atomic E-state index is 10.7. The van der Waals surface area contributed by atoms with Crippen LogP contribution in [0, 0.1) is 0 Å². The van der Waals surface area contributed by atoms with Crippen molar-refractivity contribution >= 4 is 16.9 Å². The lowest BCUT2D eigenvalue weighted by Crippen LogP contribution is -2.13. The molecule has 0 aliphatic heterocycles. The van der Waals surface area contributed by atoms with Gasteiger partial charge in [0.1, 0.15) is 0 Å². The number of nitrogens with two attached hydrogens (primary N) is 1. The minimum absolute atomic E-state index is 0.205. The van der Waals surface area contributed by atoms with Crippen molar-refractivity contribution in [3.8, 4) is 0 Å². The Morgan fingerprint density at radius 2 is 2.46 bits per heavy atom. The van der Waals surface area contributed by atoms with Crippen molar-refractivity contribution in [3.63, 3.8) is 0 Å². The first kappa shape index (κ1) is 7.79. The van der Waals surface area contributed by atoms with E-state index in [1.807, 2.05) is 0 Å². The van der Waals surface area contributed by atoms with E-state index >= 15 is 0 Å². The van der Waals surface area contributed by atoms with Gasteiger partial charge < -0.3 is 10.2 Å². The molecule has 2 aromatic rings. The summed E-state index contributed by atoms with van der Waals surface area (Å²) in [5.74, 6) is -0.362. The van der Waals surface area contributed by atoms with Gasteiger partial charge in [0.25, 0.3) is 0 Å². The van der Waals surface area contributed by atoms with Crippen LogP contribution in [0.1, 0.15) is 5.56 Å². The van der Waals surface area contributed by atoms with Crippen molar-refractivity contribution in [2.45, 2.75) is 6.42 Å². The monoisotopic (exact) mass is 176 g/mol. The van der Waals surface area contributed by atoms with Gasteiger partial charge in [-0.25, -0.2) is 0 Å². The largest absolute Gasteiger partial charge is 0.462 e. The van der Waals surface area contributed by atoms with Crippen molar-refractivity contribution in [2.24, 2.45) is 5.73 Å². The molecule has 0 spiro atoms. The predicted octanol–water partition coefficient (Wildman–Crippen LogP) is 0.856. The molecule has 4 nitrogen and oxygen atoms in total. The average Bonchev–Trinajstić information content (AvgIpc) is 2.48. The molecule has 4 heteroatoms. The first-order valence-corrected chi connectivity index (χ1v) is 3.86. The molecular weight excluding hydrogens is 168 g/mol. The predicted molar refractivity (Wildman–Crippen MR) is 46.9 cm³/mol. The Balaban J connectivity index is 2.51. The third-order valence-corrected chi connectivity index (χ3v) is 1.82. The molecule has 0 bridgehead atoms. The van der Waals surface area contributed by atoms with Gasteiger partial charge in [0, 0.05) is 17.1 Å². The van der Waals surface area contributed by atoms with E-state index in [-0.39, 0.29) is 12.3 Å². The number of amides is 1. The summed E-state index contributed by atoms with van der Waals surface area (Å²) >= 11 is 0. The Labute approximate surface area is 74.4 Å². The van der Waals surface area contributed by atoms with E-state index < -0.39 is 0 Å². The number of carbonyl (C=O) groups excluding carboxylic acids is 1. The normalized spacial score (nSPS) is 10.5. The first-order valence-electron chi connectivity index (χ1n) is 3.86. The smallest absolute Gasteiger partial charge is 0.221 e. The molecule has 0 unspecified atom stereocenters. The highest BCUT2D eigenvalue weighted by Crippen LogP contribution is 2.19. The molecule has 0 aliphatic rings. The Morgan fingerprint density at radius 3 is 3.23 bits per heavy atom. The SMILES string of the molecule is NC(=O)Cc1coc2cnccc12. The van der Waals surface area contributed by atoms with Gasteiger partial charge in [0.15, 0.2) is 5.58 Å². The van der Waals surface area contributed by atoms with Crippen LogP contribution in [0.2, 0.25) is 0 Å². The van der Waals surface area contributed by atoms with Crippen LogP contribution in [0.5, 0.6) is 0 Å². The van der Waals surface area contributed by atoms with Crippen LogP contribution in [0.25, 0.3) is 11.0 Å². The number of pyridine rings is 1. The summed E-state index contributed by atoms with van der Waals surface area (Å²) in [6, 6.07) is 1.80. The van der Waals surface area contributed by atoms with Crippen molar-refractivity contribution < 1.29 is 9.21 Å². The second-order valence-corrected chi connectivity index (χ2v) is 2.78. The number of hydrogen-bond acceptors (Lipinski definition) is 3. The summed E-state index contributed by atoms with van der Waals surface area (Å²) in [7, 11) is 0. The maximum absolute atomic E-state index is 10.7. The fourth-order valence-electron chi connectivity index (χ4n) is 1.26. The second-order valence-electron chi connectivity index (χ2n) is 2.78. The van der Waals surface area contributed by atoms with E-state index in [2.05, 4.69) is 4.98 Å². The quantitative estimate of drug-likeness (QED) is 0.737. The zero-order valence-electron chi connectivity index (χ0n) is 6.86. The van der Waals surface area contributed by atoms with Gasteiger partial charge in [-0.05, 0) is 6.07 Å². The third-order valence-electron chi connectivity index (χ3n) is 1.82. The summed E-state index contributed by atoms with van der Waals surface area (Å²) in [5, 5.41) is 0.897. The highest BCUT2D eigenvalue weighted by molar-refractivity contribution is 5.86. The molecule has 0 radical (unpaired) electrons. The van der Waals surface area contributed by atoms with Crippen LogP contribution in [0.4, 0.5) is 0 Å². The summed E-state index contributed by atoms with van der Waals surface area (Å²) in [6.07, 6.45) is 5.01. The Hall–Kier alpha value is -1.84. The Kier molecular flexibility index (Phi) is 1.73. The van der Waals surface area contributed by atoms with Crippen LogP contribution >= 0.6 is 0 Å². The number of furan rings is 1. The van der Waals surface area contributed by atoms with E-state index in [0.717, 1.165) is 10.9 Å². The molecule has 2 rings (SSSR count). The fourth-order valence-corrected chi connectivity index (χ4v) is 1.26. The molecule has 0 atom stereocenters. The number of nitrogens with zero attached hydrogens (tertiary/aromatic N) is 1. The Morgan fingerprint density at radius 1 is 1.62 bits per heavy atom. The average molecular weight is 176 g/mol. The van der Waals surface area contributed by atoms with Crippen LogP contribution < -0.4 is 5.73 Å². The fraction of sp³-hybridized carbons (Fsp3) is 0.111. The summed E-state index contributed by atoms with van der Waals surface area (Å²) in [5.41, 5.74) is 6.57. The zero-order chi connectivity index (χ0) is 9.26. The van der Waals surface area contributed by atoms with E-state index in [1.54, 1.807) is 18.5 Å². The van der Waals surface area contributed by atoms with Crippen LogP contribution in [0.3, 0.4) is 0 Å². The van der Waals surface area contributed by atoms with Gasteiger partial charge in [-0.15, -0.1) is 0 Å². The molecule has 13 heavy (non-hydrogen) atoms. The minimum Gasteiger partial charge on any atom is -0.462 e. The molecule has 0 saturated carbocycles. The van der Waals surface area contributed by atoms with E-state index in [4.69, 9.17) is 10.2 Å².